The number of halogens is 1. The Morgan fingerprint density at radius 3 is 2.46 bits per heavy atom. The minimum absolute atomic E-state index is 0.0319. The van der Waals surface area contributed by atoms with Gasteiger partial charge in [-0.3, -0.25) is 9.52 Å². The number of carbonyl (C=O) groups is 2. The number of carbonyl (C=O) groups excluding carboxylic acids is 2. The van der Waals surface area contributed by atoms with E-state index in [4.69, 9.17) is 4.74 Å². The first-order valence-corrected chi connectivity index (χ1v) is 9.70. The summed E-state index contributed by atoms with van der Waals surface area (Å²) in [6.45, 7) is 5.08. The zero-order valence-electron chi connectivity index (χ0n) is 15.0. The third kappa shape index (κ3) is 5.40. The van der Waals surface area contributed by atoms with Gasteiger partial charge < -0.3 is 10.1 Å². The van der Waals surface area contributed by atoms with Crippen LogP contribution in [-0.2, 0) is 19.6 Å². The SMILES string of the molecule is C=CCNC(=O)C(C)OC(=O)c1ccccc1NS(=O)(=O)c1ccc(F)cc1. The number of nitrogens with one attached hydrogen (secondary N) is 2. The van der Waals surface area contributed by atoms with Gasteiger partial charge in [0.1, 0.15) is 5.82 Å². The molecule has 0 heterocycles. The number of esters is 1. The topological polar surface area (TPSA) is 102 Å². The normalized spacial score (nSPS) is 11.9. The predicted octanol–water partition coefficient (Wildman–Crippen LogP) is 2.47. The predicted molar refractivity (Wildman–Crippen MR) is 102 cm³/mol. The first-order valence-electron chi connectivity index (χ1n) is 8.21. The number of ether oxygens (including phenoxy) is 1. The Kier molecular flexibility index (Phi) is 6.89. The molecule has 9 heteroatoms. The summed E-state index contributed by atoms with van der Waals surface area (Å²) in [5.74, 6) is -1.97. The van der Waals surface area contributed by atoms with Crippen molar-refractivity contribution < 1.29 is 27.1 Å². The molecule has 1 amide bonds. The fourth-order valence-electron chi connectivity index (χ4n) is 2.16. The van der Waals surface area contributed by atoms with E-state index in [0.717, 1.165) is 24.3 Å². The van der Waals surface area contributed by atoms with Crippen molar-refractivity contribution in [1.82, 2.24) is 5.32 Å². The van der Waals surface area contributed by atoms with E-state index in [-0.39, 0.29) is 22.7 Å². The monoisotopic (exact) mass is 406 g/mol. The highest BCUT2D eigenvalue weighted by atomic mass is 32.2. The maximum Gasteiger partial charge on any atom is 0.341 e. The molecule has 0 saturated carbocycles. The third-order valence-electron chi connectivity index (χ3n) is 3.59. The molecular formula is C19H19FN2O5S. The van der Waals surface area contributed by atoms with Crippen LogP contribution < -0.4 is 10.0 Å². The molecule has 28 heavy (non-hydrogen) atoms. The van der Waals surface area contributed by atoms with Crippen LogP contribution >= 0.6 is 0 Å². The Labute approximate surface area is 162 Å². The average Bonchev–Trinajstić information content (AvgIpc) is 2.66. The van der Waals surface area contributed by atoms with Crippen molar-refractivity contribution in [3.8, 4) is 0 Å². The van der Waals surface area contributed by atoms with Crippen LogP contribution in [0.3, 0.4) is 0 Å². The van der Waals surface area contributed by atoms with Crippen LogP contribution in [0.2, 0.25) is 0 Å². The molecule has 7 nitrogen and oxygen atoms in total. The van der Waals surface area contributed by atoms with Crippen LogP contribution in [0.5, 0.6) is 0 Å². The standard InChI is InChI=1S/C19H19FN2O5S/c1-3-12-21-18(23)13(2)27-19(24)16-6-4-5-7-17(16)22-28(25,26)15-10-8-14(20)9-11-15/h3-11,13,22H,1,12H2,2H3,(H,21,23). The van der Waals surface area contributed by atoms with E-state index in [1.807, 2.05) is 0 Å². The Balaban J connectivity index is 2.20. The lowest BCUT2D eigenvalue weighted by Gasteiger charge is -2.15. The molecule has 2 aromatic carbocycles. The molecule has 0 aliphatic carbocycles. The van der Waals surface area contributed by atoms with Gasteiger partial charge in [0.15, 0.2) is 6.10 Å². The van der Waals surface area contributed by atoms with Crippen molar-refractivity contribution in [3.05, 3.63) is 72.6 Å². The van der Waals surface area contributed by atoms with E-state index in [9.17, 15) is 22.4 Å². The lowest BCUT2D eigenvalue weighted by molar-refractivity contribution is -0.128. The van der Waals surface area contributed by atoms with E-state index in [0.29, 0.717) is 0 Å². The van der Waals surface area contributed by atoms with Crippen molar-refractivity contribution in [1.29, 1.82) is 0 Å². The molecule has 0 aromatic heterocycles. The van der Waals surface area contributed by atoms with E-state index in [1.165, 1.54) is 37.3 Å². The van der Waals surface area contributed by atoms with Crippen LogP contribution in [0, 0.1) is 5.82 Å². The molecule has 0 aliphatic rings. The van der Waals surface area contributed by atoms with Gasteiger partial charge in [0.2, 0.25) is 0 Å². The number of hydrogen-bond acceptors (Lipinski definition) is 5. The summed E-state index contributed by atoms with van der Waals surface area (Å²) in [6, 6.07) is 10.0. The summed E-state index contributed by atoms with van der Waals surface area (Å²) in [6.07, 6.45) is 0.389. The maximum absolute atomic E-state index is 13.0. The van der Waals surface area contributed by atoms with Crippen molar-refractivity contribution in [2.24, 2.45) is 0 Å². The van der Waals surface area contributed by atoms with Crippen molar-refractivity contribution >= 4 is 27.6 Å². The molecule has 1 atom stereocenters. The van der Waals surface area contributed by atoms with Gasteiger partial charge in [0, 0.05) is 6.54 Å². The van der Waals surface area contributed by atoms with Gasteiger partial charge in [-0.25, -0.2) is 17.6 Å². The van der Waals surface area contributed by atoms with Crippen molar-refractivity contribution in [3.63, 3.8) is 0 Å². The summed E-state index contributed by atoms with van der Waals surface area (Å²) in [7, 11) is -4.06. The summed E-state index contributed by atoms with van der Waals surface area (Å²) >= 11 is 0. The first-order chi connectivity index (χ1) is 13.2. The highest BCUT2D eigenvalue weighted by Gasteiger charge is 2.23. The second kappa shape index (κ2) is 9.14. The molecular weight excluding hydrogens is 387 g/mol. The number of amides is 1. The number of anilines is 1. The highest BCUT2D eigenvalue weighted by molar-refractivity contribution is 7.92. The largest absolute Gasteiger partial charge is 0.449 e. The molecule has 0 aliphatic heterocycles. The fourth-order valence-corrected chi connectivity index (χ4v) is 3.24. The second-order valence-electron chi connectivity index (χ2n) is 5.69. The minimum atomic E-state index is -4.06. The van der Waals surface area contributed by atoms with Gasteiger partial charge >= 0.3 is 5.97 Å². The molecule has 148 valence electrons. The van der Waals surface area contributed by atoms with Gasteiger partial charge in [0.05, 0.1) is 16.1 Å². The summed E-state index contributed by atoms with van der Waals surface area (Å²) in [5, 5.41) is 2.49. The molecule has 2 aromatic rings. The van der Waals surface area contributed by atoms with Crippen LogP contribution in [0.1, 0.15) is 17.3 Å². The van der Waals surface area contributed by atoms with Crippen LogP contribution in [0.15, 0.2) is 66.1 Å². The maximum atomic E-state index is 13.0. The Bertz CT molecular complexity index is 974. The van der Waals surface area contributed by atoms with Gasteiger partial charge in [-0.15, -0.1) is 6.58 Å². The zero-order chi connectivity index (χ0) is 20.7. The Morgan fingerprint density at radius 1 is 1.18 bits per heavy atom. The van der Waals surface area contributed by atoms with Gasteiger partial charge in [-0.1, -0.05) is 18.2 Å². The number of para-hydroxylation sites is 1. The molecule has 0 radical (unpaired) electrons. The molecule has 0 spiro atoms. The van der Waals surface area contributed by atoms with Gasteiger partial charge in [-0.05, 0) is 43.3 Å². The number of benzene rings is 2. The van der Waals surface area contributed by atoms with Crippen molar-refractivity contribution in [2.75, 3.05) is 11.3 Å². The third-order valence-corrected chi connectivity index (χ3v) is 4.97. The smallest absolute Gasteiger partial charge is 0.341 e. The highest BCUT2D eigenvalue weighted by Crippen LogP contribution is 2.21. The summed E-state index contributed by atoms with van der Waals surface area (Å²) in [5.41, 5.74) is -0.105. The summed E-state index contributed by atoms with van der Waals surface area (Å²) < 4.78 is 45.4. The zero-order valence-corrected chi connectivity index (χ0v) is 15.8. The molecule has 0 bridgehead atoms. The molecule has 0 saturated heterocycles. The number of sulfonamides is 1. The molecule has 1 unspecified atom stereocenters. The van der Waals surface area contributed by atoms with Crippen LogP contribution in [0.25, 0.3) is 0 Å². The number of hydrogen-bond donors (Lipinski definition) is 2. The van der Waals surface area contributed by atoms with E-state index in [2.05, 4.69) is 16.6 Å². The first kappa shape index (κ1) is 21.1. The molecule has 2 rings (SSSR count). The van der Waals surface area contributed by atoms with Crippen LogP contribution in [-0.4, -0.2) is 32.9 Å². The quantitative estimate of drug-likeness (QED) is 0.518. The molecule has 2 N–H and O–H groups in total. The Hall–Kier alpha value is -3.20. The van der Waals surface area contributed by atoms with Gasteiger partial charge in [0.25, 0.3) is 15.9 Å². The Morgan fingerprint density at radius 2 is 1.82 bits per heavy atom. The minimum Gasteiger partial charge on any atom is -0.449 e. The van der Waals surface area contributed by atoms with Crippen molar-refractivity contribution in [2.45, 2.75) is 17.9 Å². The van der Waals surface area contributed by atoms with E-state index < -0.39 is 33.8 Å². The number of rotatable bonds is 8. The van der Waals surface area contributed by atoms with E-state index >= 15 is 0 Å². The molecule has 0 fully saturated rings. The lowest BCUT2D eigenvalue weighted by Crippen LogP contribution is -2.36. The fraction of sp³-hybridized carbons (Fsp3) is 0.158. The van der Waals surface area contributed by atoms with Crippen LogP contribution in [0.4, 0.5) is 10.1 Å². The average molecular weight is 406 g/mol. The summed E-state index contributed by atoms with van der Waals surface area (Å²) in [4.78, 5) is 24.1. The van der Waals surface area contributed by atoms with E-state index in [1.54, 1.807) is 0 Å². The second-order valence-corrected chi connectivity index (χ2v) is 7.37. The van der Waals surface area contributed by atoms with Gasteiger partial charge in [-0.2, -0.15) is 0 Å². The lowest BCUT2D eigenvalue weighted by atomic mass is 10.2.